The number of unbranched alkanes of at least 4 members (excludes halogenated alkanes) is 1. The topological polar surface area (TPSA) is 45.2 Å². The van der Waals surface area contributed by atoms with E-state index in [0.29, 0.717) is 11.7 Å². The van der Waals surface area contributed by atoms with Crippen LogP contribution in [0.4, 0.5) is 5.69 Å². The molecule has 1 heterocycles. The Morgan fingerprint density at radius 3 is 2.71 bits per heavy atom. The highest BCUT2D eigenvalue weighted by Crippen LogP contribution is 2.18. The summed E-state index contributed by atoms with van der Waals surface area (Å²) >= 11 is 0. The molecule has 0 atom stereocenters. The molecule has 1 amide bonds. The minimum Gasteiger partial charge on any atom is -0.373 e. The summed E-state index contributed by atoms with van der Waals surface area (Å²) in [6.45, 7) is 3.20. The van der Waals surface area contributed by atoms with Crippen molar-refractivity contribution in [2.45, 2.75) is 57.9 Å². The fourth-order valence-corrected chi connectivity index (χ4v) is 2.78. The van der Waals surface area contributed by atoms with Crippen LogP contribution in [0.3, 0.4) is 0 Å². The highest BCUT2D eigenvalue weighted by Gasteiger charge is 2.17. The Labute approximate surface area is 127 Å². The number of rotatable bonds is 6. The Balaban J connectivity index is 1.89. The Morgan fingerprint density at radius 1 is 1.33 bits per heavy atom. The molecule has 1 fully saturated rings. The third-order valence-electron chi connectivity index (χ3n) is 4.21. The molecule has 0 unspecified atom stereocenters. The third kappa shape index (κ3) is 4.73. The molecule has 2 rings (SSSR count). The van der Waals surface area contributed by atoms with E-state index in [4.69, 9.17) is 0 Å². The molecule has 1 saturated carbocycles. The van der Waals surface area contributed by atoms with Gasteiger partial charge in [-0.15, -0.1) is 0 Å². The smallest absolute Gasteiger partial charge is 0.270 e. The van der Waals surface area contributed by atoms with Crippen molar-refractivity contribution in [3.8, 4) is 0 Å². The van der Waals surface area contributed by atoms with Crippen molar-refractivity contribution in [1.29, 1.82) is 0 Å². The van der Waals surface area contributed by atoms with Gasteiger partial charge in [0.1, 0.15) is 5.69 Å². The van der Waals surface area contributed by atoms with Gasteiger partial charge in [-0.3, -0.25) is 4.79 Å². The SMILES string of the molecule is CCCCN(C)c1ccc(C(=O)NC2CCCCC2)nc1. The van der Waals surface area contributed by atoms with Gasteiger partial charge in [-0.1, -0.05) is 32.6 Å². The number of hydrogen-bond donors (Lipinski definition) is 1. The van der Waals surface area contributed by atoms with Crippen LogP contribution in [0.5, 0.6) is 0 Å². The maximum atomic E-state index is 12.2. The van der Waals surface area contributed by atoms with Gasteiger partial charge >= 0.3 is 0 Å². The zero-order valence-electron chi connectivity index (χ0n) is 13.3. The molecule has 0 bridgehead atoms. The fraction of sp³-hybridized carbons (Fsp3) is 0.647. The summed E-state index contributed by atoms with van der Waals surface area (Å²) in [6, 6.07) is 4.15. The Kier molecular flexibility index (Phi) is 6.03. The molecular weight excluding hydrogens is 262 g/mol. The molecule has 4 heteroatoms. The number of aromatic nitrogens is 1. The van der Waals surface area contributed by atoms with Gasteiger partial charge in [-0.05, 0) is 31.4 Å². The van der Waals surface area contributed by atoms with Crippen LogP contribution < -0.4 is 10.2 Å². The van der Waals surface area contributed by atoms with E-state index in [0.717, 1.165) is 25.1 Å². The van der Waals surface area contributed by atoms with Crippen molar-refractivity contribution in [3.05, 3.63) is 24.0 Å². The first-order valence-corrected chi connectivity index (χ1v) is 8.18. The highest BCUT2D eigenvalue weighted by atomic mass is 16.1. The largest absolute Gasteiger partial charge is 0.373 e. The average molecular weight is 289 g/mol. The lowest BCUT2D eigenvalue weighted by Crippen LogP contribution is -2.36. The van der Waals surface area contributed by atoms with Crippen LogP contribution in [0, 0.1) is 0 Å². The monoisotopic (exact) mass is 289 g/mol. The highest BCUT2D eigenvalue weighted by molar-refractivity contribution is 5.92. The first-order valence-electron chi connectivity index (χ1n) is 8.18. The number of pyridine rings is 1. The van der Waals surface area contributed by atoms with Gasteiger partial charge in [0.05, 0.1) is 11.9 Å². The number of nitrogens with zero attached hydrogens (tertiary/aromatic N) is 2. The Morgan fingerprint density at radius 2 is 2.10 bits per heavy atom. The van der Waals surface area contributed by atoms with Crippen molar-refractivity contribution in [2.75, 3.05) is 18.5 Å². The fourth-order valence-electron chi connectivity index (χ4n) is 2.78. The van der Waals surface area contributed by atoms with Crippen LogP contribution in [-0.2, 0) is 0 Å². The predicted molar refractivity (Wildman–Crippen MR) is 86.8 cm³/mol. The van der Waals surface area contributed by atoms with Gasteiger partial charge in [0.2, 0.25) is 0 Å². The van der Waals surface area contributed by atoms with Crippen LogP contribution in [-0.4, -0.2) is 30.5 Å². The maximum Gasteiger partial charge on any atom is 0.270 e. The van der Waals surface area contributed by atoms with E-state index in [2.05, 4.69) is 29.2 Å². The van der Waals surface area contributed by atoms with Crippen molar-refractivity contribution >= 4 is 11.6 Å². The molecule has 0 aromatic carbocycles. The van der Waals surface area contributed by atoms with E-state index in [9.17, 15) is 4.79 Å². The van der Waals surface area contributed by atoms with Crippen LogP contribution >= 0.6 is 0 Å². The number of carbonyl (C=O) groups is 1. The van der Waals surface area contributed by atoms with Gasteiger partial charge in [0.25, 0.3) is 5.91 Å². The number of hydrogen-bond acceptors (Lipinski definition) is 3. The first-order chi connectivity index (χ1) is 10.2. The van der Waals surface area contributed by atoms with Gasteiger partial charge in [-0.2, -0.15) is 0 Å². The molecule has 4 nitrogen and oxygen atoms in total. The summed E-state index contributed by atoms with van der Waals surface area (Å²) in [5.74, 6) is -0.0374. The number of nitrogens with one attached hydrogen (secondary N) is 1. The van der Waals surface area contributed by atoms with Crippen LogP contribution in [0.1, 0.15) is 62.4 Å². The third-order valence-corrected chi connectivity index (χ3v) is 4.21. The zero-order chi connectivity index (χ0) is 15.1. The van der Waals surface area contributed by atoms with E-state index < -0.39 is 0 Å². The lowest BCUT2D eigenvalue weighted by Gasteiger charge is -2.22. The maximum absolute atomic E-state index is 12.2. The quantitative estimate of drug-likeness (QED) is 0.873. The average Bonchev–Trinajstić information content (AvgIpc) is 2.53. The number of carbonyl (C=O) groups excluding carboxylic acids is 1. The summed E-state index contributed by atoms with van der Waals surface area (Å²) in [7, 11) is 2.06. The van der Waals surface area contributed by atoms with Crippen molar-refractivity contribution < 1.29 is 4.79 Å². The Hall–Kier alpha value is -1.58. The van der Waals surface area contributed by atoms with E-state index in [1.54, 1.807) is 6.20 Å². The molecule has 1 aromatic heterocycles. The molecule has 1 aromatic rings. The second-order valence-electron chi connectivity index (χ2n) is 5.99. The van der Waals surface area contributed by atoms with Crippen LogP contribution in [0.2, 0.25) is 0 Å². The minimum atomic E-state index is -0.0374. The van der Waals surface area contributed by atoms with E-state index >= 15 is 0 Å². The number of anilines is 1. The van der Waals surface area contributed by atoms with E-state index in [1.807, 2.05) is 12.1 Å². The normalized spacial score (nSPS) is 15.7. The molecule has 1 aliphatic rings. The number of amides is 1. The zero-order valence-corrected chi connectivity index (χ0v) is 13.3. The van der Waals surface area contributed by atoms with Gasteiger partial charge in [0.15, 0.2) is 0 Å². The lowest BCUT2D eigenvalue weighted by atomic mass is 9.95. The van der Waals surface area contributed by atoms with Crippen molar-refractivity contribution in [1.82, 2.24) is 10.3 Å². The Bertz CT molecular complexity index is 438. The second kappa shape index (κ2) is 8.01. The molecule has 1 aliphatic carbocycles. The molecule has 0 saturated heterocycles. The summed E-state index contributed by atoms with van der Waals surface area (Å²) < 4.78 is 0. The first kappa shape index (κ1) is 15.8. The van der Waals surface area contributed by atoms with Crippen LogP contribution in [0.15, 0.2) is 18.3 Å². The molecular formula is C17H27N3O. The molecule has 1 N–H and O–H groups in total. The molecule has 0 aliphatic heterocycles. The van der Waals surface area contributed by atoms with E-state index in [-0.39, 0.29) is 5.91 Å². The molecule has 21 heavy (non-hydrogen) atoms. The van der Waals surface area contributed by atoms with Gasteiger partial charge in [0, 0.05) is 19.6 Å². The molecule has 0 spiro atoms. The summed E-state index contributed by atoms with van der Waals surface area (Å²) in [6.07, 6.45) is 10.1. The van der Waals surface area contributed by atoms with E-state index in [1.165, 1.54) is 32.1 Å². The van der Waals surface area contributed by atoms with Crippen LogP contribution in [0.25, 0.3) is 0 Å². The standard InChI is InChI=1S/C17H27N3O/c1-3-4-12-20(2)15-10-11-16(18-13-15)17(21)19-14-8-6-5-7-9-14/h10-11,13-14H,3-9,12H2,1-2H3,(H,19,21). The molecule has 0 radical (unpaired) electrons. The lowest BCUT2D eigenvalue weighted by molar-refractivity contribution is 0.0922. The van der Waals surface area contributed by atoms with Crippen molar-refractivity contribution in [2.24, 2.45) is 0 Å². The summed E-state index contributed by atoms with van der Waals surface area (Å²) in [5, 5.41) is 3.10. The minimum absolute atomic E-state index is 0.0374. The molecule has 116 valence electrons. The summed E-state index contributed by atoms with van der Waals surface area (Å²) in [4.78, 5) is 18.7. The van der Waals surface area contributed by atoms with Crippen molar-refractivity contribution in [3.63, 3.8) is 0 Å². The van der Waals surface area contributed by atoms with Gasteiger partial charge in [-0.25, -0.2) is 4.98 Å². The van der Waals surface area contributed by atoms with Gasteiger partial charge < -0.3 is 10.2 Å². The second-order valence-corrected chi connectivity index (χ2v) is 5.99. The summed E-state index contributed by atoms with van der Waals surface area (Å²) in [5.41, 5.74) is 1.59. The predicted octanol–water partition coefficient (Wildman–Crippen LogP) is 3.38.